The summed E-state index contributed by atoms with van der Waals surface area (Å²) in [6.45, 7) is 4.39. The standard InChI is InChI=1S/C11H18N2O2/c1-8(2)15-11-4-5-13-6-9(11)10(14)7-12-3/h4-6,8,10,12,14H,7H2,1-3H3. The maximum absolute atomic E-state index is 9.83. The van der Waals surface area contributed by atoms with Gasteiger partial charge in [-0.3, -0.25) is 4.98 Å². The van der Waals surface area contributed by atoms with E-state index in [1.54, 1.807) is 25.5 Å². The van der Waals surface area contributed by atoms with Crippen LogP contribution in [0.2, 0.25) is 0 Å². The fraction of sp³-hybridized carbons (Fsp3) is 0.545. The first-order valence-corrected chi connectivity index (χ1v) is 5.08. The minimum absolute atomic E-state index is 0.0907. The molecule has 1 aromatic rings. The van der Waals surface area contributed by atoms with Crippen LogP contribution in [0, 0.1) is 0 Å². The van der Waals surface area contributed by atoms with Gasteiger partial charge in [-0.15, -0.1) is 0 Å². The van der Waals surface area contributed by atoms with E-state index in [0.29, 0.717) is 12.3 Å². The van der Waals surface area contributed by atoms with Crippen molar-refractivity contribution in [2.75, 3.05) is 13.6 Å². The molecule has 0 aliphatic carbocycles. The zero-order valence-electron chi connectivity index (χ0n) is 9.40. The Hall–Kier alpha value is -1.13. The van der Waals surface area contributed by atoms with E-state index < -0.39 is 6.10 Å². The first kappa shape index (κ1) is 11.9. The number of aliphatic hydroxyl groups excluding tert-OH is 1. The van der Waals surface area contributed by atoms with Crippen molar-refractivity contribution in [1.29, 1.82) is 0 Å². The van der Waals surface area contributed by atoms with Crippen molar-refractivity contribution >= 4 is 0 Å². The molecule has 0 aliphatic rings. The number of ether oxygens (including phenoxy) is 1. The number of aromatic nitrogens is 1. The molecule has 0 aromatic carbocycles. The van der Waals surface area contributed by atoms with E-state index in [1.807, 2.05) is 13.8 Å². The third-order valence-electron chi connectivity index (χ3n) is 1.93. The maximum atomic E-state index is 9.83. The summed E-state index contributed by atoms with van der Waals surface area (Å²) in [4.78, 5) is 3.99. The Morgan fingerprint density at radius 1 is 1.53 bits per heavy atom. The fourth-order valence-electron chi connectivity index (χ4n) is 1.31. The van der Waals surface area contributed by atoms with Crippen molar-refractivity contribution in [3.8, 4) is 5.75 Å². The van der Waals surface area contributed by atoms with Gasteiger partial charge in [0, 0.05) is 24.5 Å². The highest BCUT2D eigenvalue weighted by Crippen LogP contribution is 2.24. The molecule has 1 heterocycles. The number of hydrogen-bond acceptors (Lipinski definition) is 4. The summed E-state index contributed by atoms with van der Waals surface area (Å²) in [6, 6.07) is 1.77. The second-order valence-corrected chi connectivity index (χ2v) is 3.65. The van der Waals surface area contributed by atoms with E-state index in [9.17, 15) is 5.11 Å². The third kappa shape index (κ3) is 3.49. The Morgan fingerprint density at radius 3 is 2.87 bits per heavy atom. The summed E-state index contributed by atoms with van der Waals surface area (Å²) >= 11 is 0. The number of nitrogens with one attached hydrogen (secondary N) is 1. The molecule has 0 bridgehead atoms. The fourth-order valence-corrected chi connectivity index (χ4v) is 1.31. The summed E-state index contributed by atoms with van der Waals surface area (Å²) in [5, 5.41) is 12.7. The Labute approximate surface area is 90.3 Å². The van der Waals surface area contributed by atoms with Crippen molar-refractivity contribution in [2.24, 2.45) is 0 Å². The van der Waals surface area contributed by atoms with Gasteiger partial charge in [0.1, 0.15) is 5.75 Å². The molecule has 0 saturated carbocycles. The Morgan fingerprint density at radius 2 is 2.27 bits per heavy atom. The lowest BCUT2D eigenvalue weighted by Crippen LogP contribution is -2.18. The molecule has 4 nitrogen and oxygen atoms in total. The highest BCUT2D eigenvalue weighted by atomic mass is 16.5. The Balaban J connectivity index is 2.85. The summed E-state index contributed by atoms with van der Waals surface area (Å²) in [5.41, 5.74) is 0.723. The van der Waals surface area contributed by atoms with Crippen LogP contribution in [0.1, 0.15) is 25.5 Å². The smallest absolute Gasteiger partial charge is 0.128 e. The number of nitrogens with zero attached hydrogens (tertiary/aromatic N) is 1. The van der Waals surface area contributed by atoms with Gasteiger partial charge in [0.2, 0.25) is 0 Å². The van der Waals surface area contributed by atoms with Gasteiger partial charge < -0.3 is 15.2 Å². The molecule has 1 aromatic heterocycles. The zero-order valence-corrected chi connectivity index (χ0v) is 9.40. The number of likely N-dealkylation sites (N-methyl/N-ethyl adjacent to an activating group) is 1. The third-order valence-corrected chi connectivity index (χ3v) is 1.93. The van der Waals surface area contributed by atoms with Gasteiger partial charge in [0.25, 0.3) is 0 Å². The van der Waals surface area contributed by atoms with Gasteiger partial charge in [-0.1, -0.05) is 0 Å². The quantitative estimate of drug-likeness (QED) is 0.764. The monoisotopic (exact) mass is 210 g/mol. The van der Waals surface area contributed by atoms with Crippen LogP contribution in [0.15, 0.2) is 18.5 Å². The van der Waals surface area contributed by atoms with Crippen LogP contribution in [0.25, 0.3) is 0 Å². The van der Waals surface area contributed by atoms with Crippen LogP contribution in [-0.4, -0.2) is 29.8 Å². The van der Waals surface area contributed by atoms with Crippen LogP contribution >= 0.6 is 0 Å². The van der Waals surface area contributed by atoms with Crippen molar-refractivity contribution in [3.05, 3.63) is 24.0 Å². The zero-order chi connectivity index (χ0) is 11.3. The molecule has 0 radical (unpaired) electrons. The van der Waals surface area contributed by atoms with Crippen molar-refractivity contribution in [3.63, 3.8) is 0 Å². The largest absolute Gasteiger partial charge is 0.491 e. The van der Waals surface area contributed by atoms with Gasteiger partial charge >= 0.3 is 0 Å². The summed E-state index contributed by atoms with van der Waals surface area (Å²) in [7, 11) is 1.79. The normalized spacial score (nSPS) is 12.9. The molecule has 0 aliphatic heterocycles. The summed E-state index contributed by atoms with van der Waals surface area (Å²) in [5.74, 6) is 0.697. The first-order chi connectivity index (χ1) is 7.15. The van der Waals surface area contributed by atoms with Crippen LogP contribution in [-0.2, 0) is 0 Å². The highest BCUT2D eigenvalue weighted by Gasteiger charge is 2.13. The van der Waals surface area contributed by atoms with E-state index in [4.69, 9.17) is 4.74 Å². The Kier molecular flexibility index (Phi) is 4.52. The van der Waals surface area contributed by atoms with Crippen molar-refractivity contribution in [2.45, 2.75) is 26.1 Å². The summed E-state index contributed by atoms with van der Waals surface area (Å²) < 4.78 is 5.59. The number of hydrogen-bond donors (Lipinski definition) is 2. The number of rotatable bonds is 5. The van der Waals surface area contributed by atoms with Crippen LogP contribution in [0.4, 0.5) is 0 Å². The summed E-state index contributed by atoms with van der Waals surface area (Å²) in [6.07, 6.45) is 2.80. The van der Waals surface area contributed by atoms with Gasteiger partial charge in [0.15, 0.2) is 0 Å². The molecule has 0 spiro atoms. The van der Waals surface area contributed by atoms with Crippen LogP contribution < -0.4 is 10.1 Å². The topological polar surface area (TPSA) is 54.4 Å². The molecule has 0 saturated heterocycles. The van der Waals surface area contributed by atoms with E-state index in [2.05, 4.69) is 10.3 Å². The van der Waals surface area contributed by atoms with E-state index >= 15 is 0 Å². The van der Waals surface area contributed by atoms with Gasteiger partial charge in [-0.05, 0) is 27.0 Å². The number of aliphatic hydroxyl groups is 1. The average molecular weight is 210 g/mol. The molecule has 0 fully saturated rings. The highest BCUT2D eigenvalue weighted by molar-refractivity contribution is 5.32. The van der Waals surface area contributed by atoms with Crippen molar-refractivity contribution in [1.82, 2.24) is 10.3 Å². The minimum Gasteiger partial charge on any atom is -0.491 e. The van der Waals surface area contributed by atoms with Gasteiger partial charge in [-0.2, -0.15) is 0 Å². The molecule has 4 heteroatoms. The van der Waals surface area contributed by atoms with Crippen LogP contribution in [0.3, 0.4) is 0 Å². The minimum atomic E-state index is -0.586. The SMILES string of the molecule is CNCC(O)c1cnccc1OC(C)C. The molecular formula is C11H18N2O2. The van der Waals surface area contributed by atoms with Crippen molar-refractivity contribution < 1.29 is 9.84 Å². The maximum Gasteiger partial charge on any atom is 0.128 e. The Bertz CT molecular complexity index is 302. The molecule has 84 valence electrons. The molecule has 15 heavy (non-hydrogen) atoms. The lowest BCUT2D eigenvalue weighted by molar-refractivity contribution is 0.165. The second-order valence-electron chi connectivity index (χ2n) is 3.65. The molecule has 1 rings (SSSR count). The average Bonchev–Trinajstić information content (AvgIpc) is 2.18. The number of pyridine rings is 1. The van der Waals surface area contributed by atoms with Gasteiger partial charge in [-0.25, -0.2) is 0 Å². The van der Waals surface area contributed by atoms with Crippen LogP contribution in [0.5, 0.6) is 5.75 Å². The predicted octanol–water partition coefficient (Wildman–Crippen LogP) is 1.12. The predicted molar refractivity (Wildman–Crippen MR) is 58.9 cm³/mol. The van der Waals surface area contributed by atoms with E-state index in [0.717, 1.165) is 5.56 Å². The lowest BCUT2D eigenvalue weighted by atomic mass is 10.1. The first-order valence-electron chi connectivity index (χ1n) is 5.08. The molecule has 1 unspecified atom stereocenters. The molecule has 1 atom stereocenters. The van der Waals surface area contributed by atoms with E-state index in [-0.39, 0.29) is 6.10 Å². The van der Waals surface area contributed by atoms with Gasteiger partial charge in [0.05, 0.1) is 12.2 Å². The van der Waals surface area contributed by atoms with E-state index in [1.165, 1.54) is 0 Å². The molecule has 0 amide bonds. The molecule has 2 N–H and O–H groups in total. The second kappa shape index (κ2) is 5.68. The molecular weight excluding hydrogens is 192 g/mol. The lowest BCUT2D eigenvalue weighted by Gasteiger charge is -2.17.